The van der Waals surface area contributed by atoms with E-state index in [-0.39, 0.29) is 0 Å². The number of nitrogens with one attached hydrogen (secondary N) is 1. The fourth-order valence-electron chi connectivity index (χ4n) is 2.04. The van der Waals surface area contributed by atoms with Crippen LogP contribution in [0.1, 0.15) is 32.4 Å². The van der Waals surface area contributed by atoms with Crippen molar-refractivity contribution in [3.8, 4) is 5.75 Å². The molecular formula is C16H23N3O. The minimum absolute atomic E-state index is 0.757. The van der Waals surface area contributed by atoms with Gasteiger partial charge in [0.15, 0.2) is 0 Å². The second-order valence-corrected chi connectivity index (χ2v) is 4.90. The molecule has 1 aromatic heterocycles. The minimum Gasteiger partial charge on any atom is -0.494 e. The highest BCUT2D eigenvalue weighted by Crippen LogP contribution is 2.20. The first-order valence-electron chi connectivity index (χ1n) is 7.26. The van der Waals surface area contributed by atoms with Gasteiger partial charge >= 0.3 is 0 Å². The van der Waals surface area contributed by atoms with Gasteiger partial charge in [-0.15, -0.1) is 0 Å². The van der Waals surface area contributed by atoms with Crippen LogP contribution in [0.25, 0.3) is 0 Å². The molecule has 0 unspecified atom stereocenters. The number of ether oxygens (including phenoxy) is 1. The molecule has 0 saturated heterocycles. The van der Waals surface area contributed by atoms with Gasteiger partial charge < -0.3 is 14.6 Å². The van der Waals surface area contributed by atoms with Crippen molar-refractivity contribution in [2.24, 2.45) is 0 Å². The third-order valence-electron chi connectivity index (χ3n) is 2.94. The molecule has 20 heavy (non-hydrogen) atoms. The highest BCUT2D eigenvalue weighted by molar-refractivity contribution is 5.55. The summed E-state index contributed by atoms with van der Waals surface area (Å²) in [6, 6.07) is 8.01. The number of rotatable bonds is 7. The van der Waals surface area contributed by atoms with Crippen LogP contribution in [0.2, 0.25) is 0 Å². The Bertz CT molecular complexity index is 531. The topological polar surface area (TPSA) is 39.1 Å². The SMILES string of the molecule is CCCOc1ccc(Nc2nc(C)cn2CCC)cc1. The summed E-state index contributed by atoms with van der Waals surface area (Å²) in [4.78, 5) is 4.52. The first-order chi connectivity index (χ1) is 9.72. The molecule has 0 aliphatic heterocycles. The lowest BCUT2D eigenvalue weighted by Gasteiger charge is -2.10. The van der Waals surface area contributed by atoms with E-state index in [1.54, 1.807) is 0 Å². The molecule has 1 heterocycles. The van der Waals surface area contributed by atoms with Crippen LogP contribution in [0, 0.1) is 6.92 Å². The zero-order valence-electron chi connectivity index (χ0n) is 12.5. The Kier molecular flexibility index (Phi) is 5.04. The van der Waals surface area contributed by atoms with E-state index in [1.165, 1.54) is 0 Å². The molecule has 0 atom stereocenters. The smallest absolute Gasteiger partial charge is 0.207 e. The average molecular weight is 273 g/mol. The standard InChI is InChI=1S/C16H23N3O/c1-4-10-19-12-13(3)17-16(19)18-14-6-8-15(9-7-14)20-11-5-2/h6-9,12H,4-5,10-11H2,1-3H3,(H,17,18). The van der Waals surface area contributed by atoms with Crippen LogP contribution in [0.4, 0.5) is 11.6 Å². The predicted octanol–water partition coefficient (Wildman–Crippen LogP) is 4.13. The van der Waals surface area contributed by atoms with Crippen LogP contribution < -0.4 is 10.1 Å². The Labute approximate surface area is 120 Å². The van der Waals surface area contributed by atoms with Crippen LogP contribution in [-0.2, 0) is 6.54 Å². The zero-order chi connectivity index (χ0) is 14.4. The molecule has 4 heteroatoms. The fraction of sp³-hybridized carbons (Fsp3) is 0.438. The van der Waals surface area contributed by atoms with Crippen molar-refractivity contribution < 1.29 is 4.74 Å². The molecule has 0 fully saturated rings. The Hall–Kier alpha value is -1.97. The van der Waals surface area contributed by atoms with Crippen molar-refractivity contribution in [2.45, 2.75) is 40.2 Å². The summed E-state index contributed by atoms with van der Waals surface area (Å²) in [7, 11) is 0. The third-order valence-corrected chi connectivity index (χ3v) is 2.94. The van der Waals surface area contributed by atoms with Gasteiger partial charge in [-0.25, -0.2) is 4.98 Å². The number of aryl methyl sites for hydroxylation is 2. The molecule has 0 saturated carbocycles. The Morgan fingerprint density at radius 3 is 2.55 bits per heavy atom. The summed E-state index contributed by atoms with van der Waals surface area (Å²) in [5.74, 6) is 1.80. The van der Waals surface area contributed by atoms with Crippen molar-refractivity contribution in [1.82, 2.24) is 9.55 Å². The van der Waals surface area contributed by atoms with E-state index in [2.05, 4.69) is 34.9 Å². The maximum atomic E-state index is 5.58. The summed E-state index contributed by atoms with van der Waals surface area (Å²) in [5.41, 5.74) is 2.06. The maximum Gasteiger partial charge on any atom is 0.207 e. The molecule has 2 rings (SSSR count). The largest absolute Gasteiger partial charge is 0.494 e. The van der Waals surface area contributed by atoms with Gasteiger partial charge in [-0.2, -0.15) is 0 Å². The average Bonchev–Trinajstić information content (AvgIpc) is 2.78. The summed E-state index contributed by atoms with van der Waals surface area (Å²) in [6.45, 7) is 8.01. The molecule has 4 nitrogen and oxygen atoms in total. The lowest BCUT2D eigenvalue weighted by atomic mass is 10.3. The van der Waals surface area contributed by atoms with Gasteiger partial charge in [0.1, 0.15) is 5.75 Å². The number of aromatic nitrogens is 2. The normalized spacial score (nSPS) is 10.6. The van der Waals surface area contributed by atoms with Gasteiger partial charge in [0.2, 0.25) is 5.95 Å². The van der Waals surface area contributed by atoms with E-state index >= 15 is 0 Å². The summed E-state index contributed by atoms with van der Waals surface area (Å²) >= 11 is 0. The minimum atomic E-state index is 0.757. The number of anilines is 2. The number of imidazole rings is 1. The van der Waals surface area contributed by atoms with Crippen molar-refractivity contribution >= 4 is 11.6 Å². The molecule has 0 radical (unpaired) electrons. The van der Waals surface area contributed by atoms with Gasteiger partial charge in [-0.05, 0) is 44.0 Å². The fourth-order valence-corrected chi connectivity index (χ4v) is 2.04. The molecule has 0 spiro atoms. The second kappa shape index (κ2) is 6.98. The number of hydrogen-bond donors (Lipinski definition) is 1. The van der Waals surface area contributed by atoms with E-state index in [9.17, 15) is 0 Å². The first-order valence-corrected chi connectivity index (χ1v) is 7.26. The third kappa shape index (κ3) is 3.76. The molecule has 2 aromatic rings. The monoisotopic (exact) mass is 273 g/mol. The Balaban J connectivity index is 2.06. The first kappa shape index (κ1) is 14.4. The number of benzene rings is 1. The number of nitrogens with zero attached hydrogens (tertiary/aromatic N) is 2. The molecule has 1 N–H and O–H groups in total. The van der Waals surface area contributed by atoms with Crippen molar-refractivity contribution in [3.63, 3.8) is 0 Å². The highest BCUT2D eigenvalue weighted by atomic mass is 16.5. The van der Waals surface area contributed by atoms with E-state index in [0.717, 1.165) is 49.1 Å². The van der Waals surface area contributed by atoms with Crippen LogP contribution in [0.3, 0.4) is 0 Å². The van der Waals surface area contributed by atoms with Gasteiger partial charge in [0.25, 0.3) is 0 Å². The molecule has 108 valence electrons. The van der Waals surface area contributed by atoms with Crippen LogP contribution in [-0.4, -0.2) is 16.2 Å². The number of hydrogen-bond acceptors (Lipinski definition) is 3. The molecule has 0 amide bonds. The maximum absolute atomic E-state index is 5.58. The Morgan fingerprint density at radius 1 is 1.15 bits per heavy atom. The highest BCUT2D eigenvalue weighted by Gasteiger charge is 2.05. The van der Waals surface area contributed by atoms with Gasteiger partial charge in [-0.3, -0.25) is 0 Å². The quantitative estimate of drug-likeness (QED) is 0.824. The van der Waals surface area contributed by atoms with Crippen molar-refractivity contribution in [1.29, 1.82) is 0 Å². The zero-order valence-corrected chi connectivity index (χ0v) is 12.5. The van der Waals surface area contributed by atoms with Gasteiger partial charge in [0.05, 0.1) is 12.3 Å². The van der Waals surface area contributed by atoms with E-state index in [4.69, 9.17) is 4.74 Å². The Morgan fingerprint density at radius 2 is 1.90 bits per heavy atom. The second-order valence-electron chi connectivity index (χ2n) is 4.90. The van der Waals surface area contributed by atoms with E-state index in [1.807, 2.05) is 31.2 Å². The van der Waals surface area contributed by atoms with Crippen LogP contribution in [0.15, 0.2) is 30.5 Å². The summed E-state index contributed by atoms with van der Waals surface area (Å²) in [6.07, 6.45) is 4.19. The predicted molar refractivity (Wildman–Crippen MR) is 82.8 cm³/mol. The van der Waals surface area contributed by atoms with Crippen LogP contribution >= 0.6 is 0 Å². The molecule has 0 aliphatic carbocycles. The molecular weight excluding hydrogens is 250 g/mol. The molecule has 0 bridgehead atoms. The molecule has 0 aliphatic rings. The van der Waals surface area contributed by atoms with Crippen molar-refractivity contribution in [3.05, 3.63) is 36.2 Å². The lowest BCUT2D eigenvalue weighted by Crippen LogP contribution is -2.02. The summed E-state index contributed by atoms with van der Waals surface area (Å²) in [5, 5.41) is 3.36. The van der Waals surface area contributed by atoms with E-state index < -0.39 is 0 Å². The van der Waals surface area contributed by atoms with Gasteiger partial charge in [0, 0.05) is 18.4 Å². The molecule has 1 aromatic carbocycles. The van der Waals surface area contributed by atoms with E-state index in [0.29, 0.717) is 0 Å². The summed E-state index contributed by atoms with van der Waals surface area (Å²) < 4.78 is 7.73. The van der Waals surface area contributed by atoms with Crippen LogP contribution in [0.5, 0.6) is 5.75 Å². The van der Waals surface area contributed by atoms with Gasteiger partial charge in [-0.1, -0.05) is 13.8 Å². The van der Waals surface area contributed by atoms with Crippen molar-refractivity contribution in [2.75, 3.05) is 11.9 Å². The lowest BCUT2D eigenvalue weighted by molar-refractivity contribution is 0.317.